The highest BCUT2D eigenvalue weighted by Gasteiger charge is 2.24. The Morgan fingerprint density at radius 1 is 1.03 bits per heavy atom. The van der Waals surface area contributed by atoms with Gasteiger partial charge < -0.3 is 19.0 Å². The topological polar surface area (TPSA) is 92.1 Å². The van der Waals surface area contributed by atoms with Gasteiger partial charge in [0.25, 0.3) is 10.0 Å². The fourth-order valence-corrected chi connectivity index (χ4v) is 4.82. The minimum absolute atomic E-state index is 0.00665. The van der Waals surface area contributed by atoms with E-state index < -0.39 is 10.0 Å². The number of nitrogens with zero attached hydrogens (tertiary/aromatic N) is 2. The summed E-state index contributed by atoms with van der Waals surface area (Å²) in [5.74, 6) is 1.25. The Kier molecular flexibility index (Phi) is 8.35. The molecule has 0 saturated carbocycles. The Bertz CT molecular complexity index is 1260. The van der Waals surface area contributed by atoms with Gasteiger partial charge in [-0.2, -0.15) is 0 Å². The van der Waals surface area contributed by atoms with E-state index in [-0.39, 0.29) is 16.2 Å². The van der Waals surface area contributed by atoms with Gasteiger partial charge in [0.05, 0.1) is 24.8 Å². The molecule has 0 radical (unpaired) electrons. The van der Waals surface area contributed by atoms with Crippen molar-refractivity contribution in [3.8, 4) is 5.75 Å². The fourth-order valence-electron chi connectivity index (χ4n) is 3.77. The molecule has 3 rings (SSSR count). The van der Waals surface area contributed by atoms with Gasteiger partial charge in [0.1, 0.15) is 11.5 Å². The number of benzene rings is 2. The number of furan rings is 1. The Morgan fingerprint density at radius 3 is 2.28 bits per heavy atom. The van der Waals surface area contributed by atoms with Gasteiger partial charge in [0.2, 0.25) is 5.91 Å². The van der Waals surface area contributed by atoms with Crippen LogP contribution in [-0.2, 0) is 27.9 Å². The molecule has 3 aromatic rings. The van der Waals surface area contributed by atoms with Gasteiger partial charge in [-0.1, -0.05) is 20.8 Å². The molecule has 36 heavy (non-hydrogen) atoms. The summed E-state index contributed by atoms with van der Waals surface area (Å²) < 4.78 is 39.3. The van der Waals surface area contributed by atoms with Gasteiger partial charge in [-0.05, 0) is 65.6 Å². The smallest absolute Gasteiger partial charge is 0.261 e. The predicted octanol–water partition coefficient (Wildman–Crippen LogP) is 5.12. The minimum atomic E-state index is -3.81. The van der Waals surface area contributed by atoms with Gasteiger partial charge in [-0.15, -0.1) is 0 Å². The molecule has 0 aliphatic carbocycles. The molecule has 0 spiro atoms. The number of hydrogen-bond donors (Lipinski definition) is 1. The third-order valence-corrected chi connectivity index (χ3v) is 6.90. The molecule has 8 nitrogen and oxygen atoms in total. The van der Waals surface area contributed by atoms with Crippen molar-refractivity contribution >= 4 is 27.3 Å². The van der Waals surface area contributed by atoms with E-state index in [4.69, 9.17) is 9.15 Å². The zero-order valence-electron chi connectivity index (χ0n) is 21.7. The molecule has 1 amide bonds. The van der Waals surface area contributed by atoms with E-state index in [0.717, 1.165) is 11.3 Å². The maximum Gasteiger partial charge on any atom is 0.261 e. The van der Waals surface area contributed by atoms with E-state index in [1.165, 1.54) is 19.2 Å². The number of nitrogens with one attached hydrogen (secondary N) is 1. The maximum atomic E-state index is 13.3. The number of carbonyl (C=O) groups is 1. The van der Waals surface area contributed by atoms with Gasteiger partial charge in [-0.3, -0.25) is 9.52 Å². The Morgan fingerprint density at radius 2 is 1.72 bits per heavy atom. The van der Waals surface area contributed by atoms with Crippen LogP contribution in [0.15, 0.2) is 70.2 Å². The molecule has 9 heteroatoms. The van der Waals surface area contributed by atoms with Crippen molar-refractivity contribution in [2.75, 3.05) is 30.8 Å². The summed E-state index contributed by atoms with van der Waals surface area (Å²) in [6, 6.07) is 15.2. The van der Waals surface area contributed by atoms with Crippen LogP contribution in [0.4, 0.5) is 11.4 Å². The van der Waals surface area contributed by atoms with E-state index in [1.807, 2.05) is 51.9 Å². The van der Waals surface area contributed by atoms with E-state index in [9.17, 15) is 13.2 Å². The second-order valence-corrected chi connectivity index (χ2v) is 11.8. The number of rotatable bonds is 10. The van der Waals surface area contributed by atoms with E-state index in [2.05, 4.69) is 4.72 Å². The van der Waals surface area contributed by atoms with E-state index >= 15 is 0 Å². The quantitative estimate of drug-likeness (QED) is 0.405. The highest BCUT2D eigenvalue weighted by Crippen LogP contribution is 2.28. The highest BCUT2D eigenvalue weighted by atomic mass is 32.2. The fraction of sp³-hybridized carbons (Fsp3) is 0.370. The molecule has 0 bridgehead atoms. The third kappa shape index (κ3) is 7.27. The summed E-state index contributed by atoms with van der Waals surface area (Å²) in [5, 5.41) is 0. The van der Waals surface area contributed by atoms with Gasteiger partial charge in [0.15, 0.2) is 0 Å². The average molecular weight is 514 g/mol. The lowest BCUT2D eigenvalue weighted by Crippen LogP contribution is -2.33. The molecule has 2 aromatic carbocycles. The highest BCUT2D eigenvalue weighted by molar-refractivity contribution is 7.92. The lowest BCUT2D eigenvalue weighted by Gasteiger charge is -2.28. The minimum Gasteiger partial charge on any atom is -0.497 e. The molecule has 0 fully saturated rings. The molecule has 1 aromatic heterocycles. The zero-order chi connectivity index (χ0) is 26.5. The van der Waals surface area contributed by atoms with Crippen LogP contribution < -0.4 is 14.4 Å². The van der Waals surface area contributed by atoms with Crippen molar-refractivity contribution < 1.29 is 22.4 Å². The second-order valence-electron chi connectivity index (χ2n) is 10.1. The first-order valence-corrected chi connectivity index (χ1v) is 13.1. The molecule has 1 N–H and O–H groups in total. The molecular formula is C27H35N3O5S. The third-order valence-electron chi connectivity index (χ3n) is 5.51. The van der Waals surface area contributed by atoms with Crippen LogP contribution in [0.25, 0.3) is 0 Å². The molecule has 1 heterocycles. The first kappa shape index (κ1) is 27.1. The largest absolute Gasteiger partial charge is 0.497 e. The summed E-state index contributed by atoms with van der Waals surface area (Å²) in [4.78, 5) is 17.1. The summed E-state index contributed by atoms with van der Waals surface area (Å²) in [5.41, 5.74) is 1.92. The molecule has 0 atom stereocenters. The van der Waals surface area contributed by atoms with Crippen molar-refractivity contribution in [1.82, 2.24) is 4.90 Å². The van der Waals surface area contributed by atoms with Crippen molar-refractivity contribution in [2.45, 2.75) is 45.2 Å². The molecule has 0 aliphatic heterocycles. The molecule has 0 aliphatic rings. The average Bonchev–Trinajstić information content (AvgIpc) is 3.30. The maximum absolute atomic E-state index is 13.3. The van der Waals surface area contributed by atoms with Crippen molar-refractivity contribution in [3.05, 3.63) is 72.2 Å². The van der Waals surface area contributed by atoms with Crippen LogP contribution in [0.3, 0.4) is 0 Å². The number of anilines is 2. The Balaban J connectivity index is 1.92. The van der Waals surface area contributed by atoms with Crippen LogP contribution in [-0.4, -0.2) is 40.4 Å². The lowest BCUT2D eigenvalue weighted by atomic mass is 9.91. The standard InChI is InChI=1S/C27H35N3O5S/c1-27(2,3)17-26(31)30(19-23-8-7-15-35-23)18-20-16-21(9-14-25(20)29(4)5)28-36(32,33)24-12-10-22(34-6)11-13-24/h7-16,28H,17-19H2,1-6H3. The van der Waals surface area contributed by atoms with Crippen LogP contribution in [0.1, 0.15) is 38.5 Å². The van der Waals surface area contributed by atoms with Gasteiger partial charge in [-0.25, -0.2) is 8.42 Å². The van der Waals surface area contributed by atoms with Crippen molar-refractivity contribution in [1.29, 1.82) is 0 Å². The molecule has 0 unspecified atom stereocenters. The number of sulfonamides is 1. The number of ether oxygens (including phenoxy) is 1. The molecular weight excluding hydrogens is 478 g/mol. The van der Waals surface area contributed by atoms with Crippen LogP contribution >= 0.6 is 0 Å². The number of carbonyl (C=O) groups excluding carboxylic acids is 1. The predicted molar refractivity (Wildman–Crippen MR) is 142 cm³/mol. The Labute approximate surface area is 213 Å². The zero-order valence-corrected chi connectivity index (χ0v) is 22.6. The van der Waals surface area contributed by atoms with Gasteiger partial charge >= 0.3 is 0 Å². The summed E-state index contributed by atoms with van der Waals surface area (Å²) >= 11 is 0. The van der Waals surface area contributed by atoms with E-state index in [1.54, 1.807) is 41.5 Å². The number of hydrogen-bond acceptors (Lipinski definition) is 6. The first-order chi connectivity index (χ1) is 16.9. The van der Waals surface area contributed by atoms with Crippen LogP contribution in [0.5, 0.6) is 5.75 Å². The number of methoxy groups -OCH3 is 1. The number of amides is 1. The van der Waals surface area contributed by atoms with E-state index in [0.29, 0.717) is 36.7 Å². The normalized spacial score (nSPS) is 11.7. The van der Waals surface area contributed by atoms with Crippen molar-refractivity contribution in [2.24, 2.45) is 5.41 Å². The Hall–Kier alpha value is -3.46. The monoisotopic (exact) mass is 513 g/mol. The molecule has 194 valence electrons. The summed E-state index contributed by atoms with van der Waals surface area (Å²) in [6.07, 6.45) is 1.95. The van der Waals surface area contributed by atoms with Crippen LogP contribution in [0.2, 0.25) is 0 Å². The summed E-state index contributed by atoms with van der Waals surface area (Å²) in [7, 11) is 1.53. The summed E-state index contributed by atoms with van der Waals surface area (Å²) in [6.45, 7) is 6.68. The van der Waals surface area contributed by atoms with Crippen LogP contribution in [0, 0.1) is 5.41 Å². The van der Waals surface area contributed by atoms with Gasteiger partial charge in [0, 0.05) is 38.4 Å². The lowest BCUT2D eigenvalue weighted by molar-refractivity contribution is -0.134. The second kappa shape index (κ2) is 11.1. The SMILES string of the molecule is COc1ccc(S(=O)(=O)Nc2ccc(N(C)C)c(CN(Cc3ccco3)C(=O)CC(C)(C)C)c2)cc1. The first-order valence-electron chi connectivity index (χ1n) is 11.7. The molecule has 0 saturated heterocycles. The van der Waals surface area contributed by atoms with Crippen molar-refractivity contribution in [3.63, 3.8) is 0 Å².